The predicted molar refractivity (Wildman–Crippen MR) is 71.8 cm³/mol. The van der Waals surface area contributed by atoms with E-state index in [-0.39, 0.29) is 0 Å². The minimum absolute atomic E-state index is 0.638. The van der Waals surface area contributed by atoms with Crippen LogP contribution in [0.2, 0.25) is 0 Å². The van der Waals surface area contributed by atoms with Crippen molar-refractivity contribution in [2.24, 2.45) is 11.8 Å². The van der Waals surface area contributed by atoms with E-state index in [1.54, 1.807) is 0 Å². The van der Waals surface area contributed by atoms with Gasteiger partial charge in [-0.15, -0.1) is 0 Å². The van der Waals surface area contributed by atoms with Gasteiger partial charge in [0.05, 0.1) is 0 Å². The van der Waals surface area contributed by atoms with E-state index in [2.05, 4.69) is 38.0 Å². The molecule has 0 aromatic heterocycles. The van der Waals surface area contributed by atoms with E-state index in [9.17, 15) is 0 Å². The second-order valence-corrected chi connectivity index (χ2v) is 5.90. The van der Waals surface area contributed by atoms with Gasteiger partial charge in [0.1, 0.15) is 0 Å². The molecule has 0 heterocycles. The molecule has 0 aliphatic heterocycles. The zero-order chi connectivity index (χ0) is 12.0. The molecule has 16 heavy (non-hydrogen) atoms. The Hall–Kier alpha value is -0.0800. The van der Waals surface area contributed by atoms with E-state index in [0.29, 0.717) is 6.04 Å². The molecule has 1 aliphatic carbocycles. The van der Waals surface area contributed by atoms with Crippen LogP contribution < -0.4 is 5.32 Å². The fourth-order valence-electron chi connectivity index (χ4n) is 2.22. The quantitative estimate of drug-likeness (QED) is 0.608. The highest BCUT2D eigenvalue weighted by atomic mass is 15.1. The van der Waals surface area contributed by atoms with Crippen molar-refractivity contribution in [1.82, 2.24) is 10.2 Å². The second kappa shape index (κ2) is 7.29. The first-order valence-corrected chi connectivity index (χ1v) is 7.01. The van der Waals surface area contributed by atoms with E-state index in [1.807, 2.05) is 0 Å². The molecule has 2 heteroatoms. The Morgan fingerprint density at radius 2 is 1.94 bits per heavy atom. The van der Waals surface area contributed by atoms with Gasteiger partial charge >= 0.3 is 0 Å². The second-order valence-electron chi connectivity index (χ2n) is 5.90. The van der Waals surface area contributed by atoms with Crippen LogP contribution in [0.5, 0.6) is 0 Å². The molecule has 0 aromatic carbocycles. The summed E-state index contributed by atoms with van der Waals surface area (Å²) in [7, 11) is 2.28. The zero-order valence-electron chi connectivity index (χ0n) is 11.6. The summed E-state index contributed by atoms with van der Waals surface area (Å²) in [6.45, 7) is 10.6. The van der Waals surface area contributed by atoms with Crippen molar-refractivity contribution in [3.63, 3.8) is 0 Å². The molecule has 0 radical (unpaired) electrons. The van der Waals surface area contributed by atoms with Crippen LogP contribution >= 0.6 is 0 Å². The Labute approximate surface area is 102 Å². The van der Waals surface area contributed by atoms with Crippen LogP contribution in [-0.2, 0) is 0 Å². The maximum absolute atomic E-state index is 3.47. The van der Waals surface area contributed by atoms with E-state index < -0.39 is 0 Å². The van der Waals surface area contributed by atoms with Gasteiger partial charge in [0.25, 0.3) is 0 Å². The summed E-state index contributed by atoms with van der Waals surface area (Å²) in [4.78, 5) is 2.52. The Kier molecular flexibility index (Phi) is 6.37. The van der Waals surface area contributed by atoms with Crippen molar-refractivity contribution >= 4 is 0 Å². The molecule has 0 spiro atoms. The Balaban J connectivity index is 1.83. The SMILES string of the molecule is CC(C)NCCCCCN(C)CC1CC1C. The molecule has 0 aromatic rings. The summed E-state index contributed by atoms with van der Waals surface area (Å²) >= 11 is 0. The number of nitrogens with zero attached hydrogens (tertiary/aromatic N) is 1. The third-order valence-corrected chi connectivity index (χ3v) is 3.59. The molecule has 2 unspecified atom stereocenters. The first-order valence-electron chi connectivity index (χ1n) is 7.01. The maximum Gasteiger partial charge on any atom is 0.00103 e. The number of hydrogen-bond acceptors (Lipinski definition) is 2. The fourth-order valence-corrected chi connectivity index (χ4v) is 2.22. The van der Waals surface area contributed by atoms with E-state index in [0.717, 1.165) is 11.8 Å². The van der Waals surface area contributed by atoms with E-state index in [1.165, 1.54) is 45.3 Å². The first kappa shape index (κ1) is 14.0. The zero-order valence-corrected chi connectivity index (χ0v) is 11.6. The summed E-state index contributed by atoms with van der Waals surface area (Å²) in [6.07, 6.45) is 5.51. The molecule has 2 nitrogen and oxygen atoms in total. The van der Waals surface area contributed by atoms with E-state index in [4.69, 9.17) is 0 Å². The predicted octanol–water partition coefficient (Wildman–Crippen LogP) is 2.74. The van der Waals surface area contributed by atoms with Gasteiger partial charge < -0.3 is 10.2 Å². The normalized spacial score (nSPS) is 24.4. The number of unbranched alkanes of at least 4 members (excludes halogenated alkanes) is 2. The highest BCUT2D eigenvalue weighted by molar-refractivity contribution is 4.84. The summed E-state index contributed by atoms with van der Waals surface area (Å²) in [6, 6.07) is 0.638. The Bertz CT molecular complexity index is 180. The lowest BCUT2D eigenvalue weighted by Gasteiger charge is -2.16. The summed E-state index contributed by atoms with van der Waals surface area (Å²) in [5, 5.41) is 3.47. The monoisotopic (exact) mass is 226 g/mol. The largest absolute Gasteiger partial charge is 0.315 e. The minimum Gasteiger partial charge on any atom is -0.315 e. The van der Waals surface area contributed by atoms with Gasteiger partial charge in [-0.1, -0.05) is 27.2 Å². The van der Waals surface area contributed by atoms with Crippen LogP contribution in [0.1, 0.15) is 46.5 Å². The molecule has 0 amide bonds. The van der Waals surface area contributed by atoms with Gasteiger partial charge in [-0.3, -0.25) is 0 Å². The van der Waals surface area contributed by atoms with Gasteiger partial charge in [-0.2, -0.15) is 0 Å². The minimum atomic E-state index is 0.638. The van der Waals surface area contributed by atoms with Gasteiger partial charge in [-0.05, 0) is 51.2 Å². The standard InChI is InChI=1S/C14H30N2/c1-12(2)15-8-6-5-7-9-16(4)11-14-10-13(14)3/h12-15H,5-11H2,1-4H3. The lowest BCUT2D eigenvalue weighted by molar-refractivity contribution is 0.306. The average Bonchev–Trinajstić information content (AvgIpc) is 2.87. The molecule has 0 saturated heterocycles. The molecule has 96 valence electrons. The van der Waals surface area contributed by atoms with Gasteiger partial charge in [0.15, 0.2) is 0 Å². The maximum atomic E-state index is 3.47. The molecule has 1 fully saturated rings. The highest BCUT2D eigenvalue weighted by Crippen LogP contribution is 2.37. The molecular weight excluding hydrogens is 196 g/mol. The number of rotatable bonds is 9. The van der Waals surface area contributed by atoms with E-state index >= 15 is 0 Å². The van der Waals surface area contributed by atoms with Crippen LogP contribution in [0.3, 0.4) is 0 Å². The molecule has 1 saturated carbocycles. The van der Waals surface area contributed by atoms with Crippen molar-refractivity contribution < 1.29 is 0 Å². The van der Waals surface area contributed by atoms with Crippen LogP contribution in [0.4, 0.5) is 0 Å². The number of nitrogens with one attached hydrogen (secondary N) is 1. The highest BCUT2D eigenvalue weighted by Gasteiger charge is 2.32. The molecule has 2 atom stereocenters. The van der Waals surface area contributed by atoms with Gasteiger partial charge in [0.2, 0.25) is 0 Å². The third kappa shape index (κ3) is 6.49. The Morgan fingerprint density at radius 1 is 1.25 bits per heavy atom. The smallest absolute Gasteiger partial charge is 0.00103 e. The lowest BCUT2D eigenvalue weighted by Crippen LogP contribution is -2.24. The van der Waals surface area contributed by atoms with Crippen molar-refractivity contribution in [2.75, 3.05) is 26.7 Å². The first-order chi connectivity index (χ1) is 7.59. The average molecular weight is 226 g/mol. The van der Waals surface area contributed by atoms with Crippen LogP contribution in [0.15, 0.2) is 0 Å². The Morgan fingerprint density at radius 3 is 2.50 bits per heavy atom. The lowest BCUT2D eigenvalue weighted by atomic mass is 10.2. The van der Waals surface area contributed by atoms with Crippen molar-refractivity contribution in [3.8, 4) is 0 Å². The third-order valence-electron chi connectivity index (χ3n) is 3.59. The topological polar surface area (TPSA) is 15.3 Å². The molecule has 1 N–H and O–H groups in total. The molecule has 1 rings (SSSR count). The summed E-state index contributed by atoms with van der Waals surface area (Å²) < 4.78 is 0. The van der Waals surface area contributed by atoms with Crippen LogP contribution in [0.25, 0.3) is 0 Å². The van der Waals surface area contributed by atoms with Gasteiger partial charge in [0, 0.05) is 12.6 Å². The fraction of sp³-hybridized carbons (Fsp3) is 1.00. The number of hydrogen-bond donors (Lipinski definition) is 1. The van der Waals surface area contributed by atoms with Gasteiger partial charge in [-0.25, -0.2) is 0 Å². The van der Waals surface area contributed by atoms with Crippen molar-refractivity contribution in [1.29, 1.82) is 0 Å². The molecular formula is C14H30N2. The van der Waals surface area contributed by atoms with Crippen molar-refractivity contribution in [2.45, 2.75) is 52.5 Å². The van der Waals surface area contributed by atoms with Crippen molar-refractivity contribution in [3.05, 3.63) is 0 Å². The summed E-state index contributed by atoms with van der Waals surface area (Å²) in [5.41, 5.74) is 0. The molecule has 0 bridgehead atoms. The van der Waals surface area contributed by atoms with Crippen LogP contribution in [-0.4, -0.2) is 37.6 Å². The van der Waals surface area contributed by atoms with Crippen LogP contribution in [0, 0.1) is 11.8 Å². The molecule has 1 aliphatic rings. The summed E-state index contributed by atoms with van der Waals surface area (Å²) in [5.74, 6) is 2.00.